The number of furan rings is 1. The van der Waals surface area contributed by atoms with Gasteiger partial charge in [-0.1, -0.05) is 6.07 Å². The minimum atomic E-state index is -5.08. The molecule has 2 atom stereocenters. The summed E-state index contributed by atoms with van der Waals surface area (Å²) in [5.74, 6) is -3.48. The van der Waals surface area contributed by atoms with Crippen molar-refractivity contribution in [2.24, 2.45) is 0 Å². The number of aromatic nitrogens is 1. The van der Waals surface area contributed by atoms with Gasteiger partial charge in [0.2, 0.25) is 0 Å². The van der Waals surface area contributed by atoms with Crippen LogP contribution in [0.1, 0.15) is 40.5 Å². The van der Waals surface area contributed by atoms with E-state index in [2.05, 4.69) is 16.0 Å². The Balaban J connectivity index is 0.000000301. The summed E-state index contributed by atoms with van der Waals surface area (Å²) >= 11 is 0. The van der Waals surface area contributed by atoms with E-state index in [0.717, 1.165) is 49.7 Å². The molecule has 0 saturated carbocycles. The van der Waals surface area contributed by atoms with Crippen LogP contribution >= 0.6 is 0 Å². The summed E-state index contributed by atoms with van der Waals surface area (Å²) in [6.45, 7) is 6.56. The zero-order valence-corrected chi connectivity index (χ0v) is 20.2. The van der Waals surface area contributed by atoms with Crippen molar-refractivity contribution < 1.29 is 55.4 Å². The number of aryl methyl sites for hydroxylation is 2. The highest BCUT2D eigenvalue weighted by molar-refractivity contribution is 5.92. The summed E-state index contributed by atoms with van der Waals surface area (Å²) in [6, 6.07) is 10.4. The number of hydrogen-bond donors (Lipinski definition) is 2. The second kappa shape index (κ2) is 12.3. The third-order valence-electron chi connectivity index (χ3n) is 5.70. The maximum Gasteiger partial charge on any atom is 0.490 e. The number of rotatable bonds is 3. The van der Waals surface area contributed by atoms with Crippen LogP contribution in [-0.4, -0.2) is 80.4 Å². The Morgan fingerprint density at radius 1 is 0.921 bits per heavy atom. The molecule has 2 aliphatic heterocycles. The van der Waals surface area contributed by atoms with E-state index in [-0.39, 0.29) is 5.91 Å². The quantitative estimate of drug-likeness (QED) is 0.546. The van der Waals surface area contributed by atoms with Gasteiger partial charge in [-0.05, 0) is 51.0 Å². The van der Waals surface area contributed by atoms with Crippen LogP contribution in [0.15, 0.2) is 34.7 Å². The van der Waals surface area contributed by atoms with Gasteiger partial charge in [-0.3, -0.25) is 9.69 Å². The zero-order chi connectivity index (χ0) is 28.8. The number of carbonyl (C=O) groups excluding carboxylic acids is 1. The first-order valence-corrected chi connectivity index (χ1v) is 11.1. The molecule has 2 aromatic rings. The average Bonchev–Trinajstić information content (AvgIpc) is 3.51. The van der Waals surface area contributed by atoms with Gasteiger partial charge in [0.15, 0.2) is 0 Å². The van der Waals surface area contributed by atoms with Crippen LogP contribution < -0.4 is 0 Å². The van der Waals surface area contributed by atoms with Gasteiger partial charge < -0.3 is 19.5 Å². The van der Waals surface area contributed by atoms with Crippen molar-refractivity contribution >= 4 is 17.8 Å². The molecule has 1 amide bonds. The second-order valence-electron chi connectivity index (χ2n) is 8.46. The highest BCUT2D eigenvalue weighted by Gasteiger charge is 2.45. The van der Waals surface area contributed by atoms with Crippen LogP contribution in [0.4, 0.5) is 26.3 Å². The molecule has 0 radical (unpaired) electrons. The summed E-state index contributed by atoms with van der Waals surface area (Å²) in [5, 5.41) is 14.2. The van der Waals surface area contributed by atoms with Crippen molar-refractivity contribution in [2.75, 3.05) is 13.1 Å². The Morgan fingerprint density at radius 3 is 1.95 bits per heavy atom. The number of halogens is 6. The lowest BCUT2D eigenvalue weighted by Crippen LogP contribution is -2.39. The molecule has 4 rings (SSSR count). The third-order valence-corrected chi connectivity index (χ3v) is 5.70. The molecule has 2 aromatic heterocycles. The number of nitrogens with zero attached hydrogens (tertiary/aromatic N) is 3. The molecular formula is C23H25F6N3O6. The number of carbonyl (C=O) groups is 3. The van der Waals surface area contributed by atoms with E-state index >= 15 is 0 Å². The maximum atomic E-state index is 12.8. The van der Waals surface area contributed by atoms with Crippen molar-refractivity contribution in [3.05, 3.63) is 53.2 Å². The Hall–Kier alpha value is -3.62. The molecule has 0 aliphatic carbocycles. The average molecular weight is 553 g/mol. The van der Waals surface area contributed by atoms with E-state index in [1.165, 1.54) is 0 Å². The van der Waals surface area contributed by atoms with E-state index in [9.17, 15) is 31.1 Å². The minimum Gasteiger partial charge on any atom is -0.475 e. The number of carboxylic acid groups (broad SMARTS) is 2. The first-order chi connectivity index (χ1) is 17.5. The summed E-state index contributed by atoms with van der Waals surface area (Å²) in [6.07, 6.45) is -8.11. The van der Waals surface area contributed by atoms with Gasteiger partial charge in [0.1, 0.15) is 17.2 Å². The monoisotopic (exact) mass is 553 g/mol. The zero-order valence-electron chi connectivity index (χ0n) is 20.2. The minimum absolute atomic E-state index is 0.0712. The van der Waals surface area contributed by atoms with Crippen molar-refractivity contribution in [1.82, 2.24) is 14.8 Å². The normalized spacial score (nSPS) is 19.1. The molecule has 210 valence electrons. The first kappa shape index (κ1) is 30.6. The lowest BCUT2D eigenvalue weighted by atomic mass is 10.1. The topological polar surface area (TPSA) is 124 Å². The van der Waals surface area contributed by atoms with Crippen molar-refractivity contribution in [3.8, 4) is 0 Å². The molecule has 38 heavy (non-hydrogen) atoms. The predicted octanol–water partition coefficient (Wildman–Crippen LogP) is 4.05. The Morgan fingerprint density at radius 2 is 1.47 bits per heavy atom. The Bertz CT molecular complexity index is 1110. The van der Waals surface area contributed by atoms with Crippen molar-refractivity contribution in [1.29, 1.82) is 0 Å². The number of carboxylic acids is 2. The van der Waals surface area contributed by atoms with Crippen LogP contribution in [0, 0.1) is 13.8 Å². The molecule has 0 aromatic carbocycles. The highest BCUT2D eigenvalue weighted by Crippen LogP contribution is 2.33. The van der Waals surface area contributed by atoms with Gasteiger partial charge in [-0.15, -0.1) is 0 Å². The summed E-state index contributed by atoms with van der Waals surface area (Å²) in [5.41, 5.74) is 1.45. The van der Waals surface area contributed by atoms with Crippen LogP contribution in [0.5, 0.6) is 0 Å². The van der Waals surface area contributed by atoms with Gasteiger partial charge in [0, 0.05) is 30.9 Å². The van der Waals surface area contributed by atoms with E-state index in [4.69, 9.17) is 24.2 Å². The molecule has 0 bridgehead atoms. The third kappa shape index (κ3) is 8.46. The van der Waals surface area contributed by atoms with Crippen molar-refractivity contribution in [2.45, 2.75) is 57.7 Å². The van der Waals surface area contributed by atoms with Gasteiger partial charge in [0.25, 0.3) is 5.91 Å². The number of fused-ring (bicyclic) bond motifs is 1. The van der Waals surface area contributed by atoms with E-state index in [1.807, 2.05) is 43.0 Å². The number of likely N-dealkylation sites (tertiary alicyclic amines) is 2. The van der Waals surface area contributed by atoms with Gasteiger partial charge in [-0.25, -0.2) is 14.6 Å². The fourth-order valence-electron chi connectivity index (χ4n) is 4.10. The fourth-order valence-corrected chi connectivity index (χ4v) is 4.10. The van der Waals surface area contributed by atoms with E-state index in [0.29, 0.717) is 17.8 Å². The fraction of sp³-hybridized carbons (Fsp3) is 0.478. The molecule has 2 aliphatic rings. The van der Waals surface area contributed by atoms with Crippen LogP contribution in [0.25, 0.3) is 0 Å². The van der Waals surface area contributed by atoms with Crippen LogP contribution in [0.3, 0.4) is 0 Å². The molecule has 15 heteroatoms. The SMILES string of the molecule is Cc1cccc(C(=O)N2CC[C@H]3[C@H]2CCN3Cc2ccc(C)o2)n1.O=C(O)C(F)(F)F.O=C(O)C(F)(F)F. The molecule has 2 saturated heterocycles. The Kier molecular flexibility index (Phi) is 9.89. The van der Waals surface area contributed by atoms with E-state index in [1.54, 1.807) is 0 Å². The maximum absolute atomic E-state index is 12.8. The number of aliphatic carboxylic acids is 2. The van der Waals surface area contributed by atoms with Gasteiger partial charge >= 0.3 is 24.3 Å². The first-order valence-electron chi connectivity index (χ1n) is 11.1. The largest absolute Gasteiger partial charge is 0.490 e. The molecule has 0 unspecified atom stereocenters. The van der Waals surface area contributed by atoms with E-state index < -0.39 is 24.3 Å². The molecule has 0 spiro atoms. The molecule has 2 fully saturated rings. The van der Waals surface area contributed by atoms with Crippen molar-refractivity contribution in [3.63, 3.8) is 0 Å². The predicted molar refractivity (Wildman–Crippen MR) is 118 cm³/mol. The number of hydrogen-bond acceptors (Lipinski definition) is 6. The number of alkyl halides is 6. The molecule has 2 N–H and O–H groups in total. The highest BCUT2D eigenvalue weighted by atomic mass is 19.4. The summed E-state index contributed by atoms with van der Waals surface area (Å²) in [4.78, 5) is 39.5. The van der Waals surface area contributed by atoms with Crippen LogP contribution in [-0.2, 0) is 16.1 Å². The summed E-state index contributed by atoms with van der Waals surface area (Å²) in [7, 11) is 0. The molecule has 4 heterocycles. The molecular weight excluding hydrogens is 528 g/mol. The van der Waals surface area contributed by atoms with Crippen LogP contribution in [0.2, 0.25) is 0 Å². The lowest BCUT2D eigenvalue weighted by Gasteiger charge is -2.25. The number of pyridine rings is 1. The van der Waals surface area contributed by atoms with Gasteiger partial charge in [-0.2, -0.15) is 26.3 Å². The smallest absolute Gasteiger partial charge is 0.475 e. The lowest BCUT2D eigenvalue weighted by molar-refractivity contribution is -0.193. The summed E-state index contributed by atoms with van der Waals surface area (Å²) < 4.78 is 69.2. The molecule has 9 nitrogen and oxygen atoms in total. The van der Waals surface area contributed by atoms with Gasteiger partial charge in [0.05, 0.1) is 6.54 Å². The standard InChI is InChI=1S/C19H23N3O2.2C2HF3O2/c1-13-4-3-5-16(20-13)19(23)22-11-9-17-18(22)8-10-21(17)12-15-7-6-14(2)24-15;2*3-2(4,5)1(6)7/h3-7,17-18H,8-12H2,1-2H3;2*(H,6,7)/t17-,18+;;/m0../s1. The Labute approximate surface area is 212 Å². The second-order valence-corrected chi connectivity index (χ2v) is 8.46. The number of amides is 1.